The molecule has 0 radical (unpaired) electrons. The summed E-state index contributed by atoms with van der Waals surface area (Å²) in [4.78, 5) is 0. The normalized spacial score (nSPS) is 26.6. The Morgan fingerprint density at radius 2 is 1.78 bits per heavy atom. The smallest absolute Gasteiger partial charge is 0.490 e. The molecule has 1 aliphatic carbocycles. The van der Waals surface area contributed by atoms with Gasteiger partial charge >= 0.3 is 7.12 Å². The Hall–Kier alpha value is -1.42. The molecular weight excluding hydrogens is 368 g/mol. The first-order chi connectivity index (χ1) is 12.6. The molecule has 1 saturated carbocycles. The fraction of sp³-hybridized carbons (Fsp3) is 0.556. The van der Waals surface area contributed by atoms with Gasteiger partial charge in [0, 0.05) is 17.8 Å². The van der Waals surface area contributed by atoms with Crippen molar-refractivity contribution in [2.75, 3.05) is 0 Å². The van der Waals surface area contributed by atoms with E-state index in [0.717, 1.165) is 28.5 Å². The average molecular weight is 395 g/mol. The molecule has 3 rings (SSSR count). The van der Waals surface area contributed by atoms with Crippen LogP contribution in [0, 0.1) is 5.92 Å². The number of nitrogens with zero attached hydrogens (tertiary/aromatic N) is 1. The highest BCUT2D eigenvalue weighted by Crippen LogP contribution is 2.37. The first-order valence-electron chi connectivity index (χ1n) is 9.03. The molecule has 1 aromatic carbocycles. The number of rotatable bonds is 6. The Balaban J connectivity index is 1.52. The fourth-order valence-corrected chi connectivity index (χ4v) is 3.24. The lowest BCUT2D eigenvalue weighted by Crippen LogP contribution is -2.41. The lowest BCUT2D eigenvalue weighted by molar-refractivity contribution is 0.00578. The van der Waals surface area contributed by atoms with E-state index in [-0.39, 0.29) is 42.7 Å². The first kappa shape index (κ1) is 20.3. The molecule has 1 aromatic rings. The zero-order chi connectivity index (χ0) is 19.8. The number of ether oxygens (including phenoxy) is 1. The van der Waals surface area contributed by atoms with Gasteiger partial charge in [-0.2, -0.15) is 0 Å². The van der Waals surface area contributed by atoms with Crippen molar-refractivity contribution in [1.82, 2.24) is 4.41 Å². The second-order valence-corrected chi connectivity index (χ2v) is 8.68. The van der Waals surface area contributed by atoms with Crippen molar-refractivity contribution in [3.05, 3.63) is 36.2 Å². The first-order valence-corrected chi connectivity index (χ1v) is 9.71. The van der Waals surface area contributed by atoms with E-state index >= 15 is 0 Å². The number of allylic oxidation sites excluding steroid dienone is 1. The molecule has 148 valence electrons. The van der Waals surface area contributed by atoms with E-state index in [1.54, 1.807) is 0 Å². The predicted octanol–water partition coefficient (Wildman–Crippen LogP) is 2.65. The van der Waals surface area contributed by atoms with Gasteiger partial charge in [-0.15, -0.1) is 3.89 Å². The van der Waals surface area contributed by atoms with Gasteiger partial charge < -0.3 is 19.8 Å². The number of hydrazine groups is 1. The second-order valence-electron chi connectivity index (χ2n) is 8.12. The molecule has 2 fully saturated rings. The van der Waals surface area contributed by atoms with Crippen molar-refractivity contribution in [3.8, 4) is 5.75 Å². The van der Waals surface area contributed by atoms with E-state index in [2.05, 4.69) is 0 Å². The lowest BCUT2D eigenvalue weighted by atomic mass is 9.79. The summed E-state index contributed by atoms with van der Waals surface area (Å²) in [7, 11) is -0.380. The van der Waals surface area contributed by atoms with Crippen molar-refractivity contribution in [2.45, 2.75) is 57.8 Å². The summed E-state index contributed by atoms with van der Waals surface area (Å²) in [5.41, 5.74) is 6.73. The molecule has 6 nitrogen and oxygen atoms in total. The van der Waals surface area contributed by atoms with Crippen molar-refractivity contribution >= 4 is 24.9 Å². The molecule has 0 bridgehead atoms. The van der Waals surface area contributed by atoms with Gasteiger partial charge in [0.05, 0.1) is 17.3 Å². The molecule has 0 atom stereocenters. The minimum atomic E-state index is -0.380. The third-order valence-corrected chi connectivity index (χ3v) is 5.90. The number of halogens is 1. The van der Waals surface area contributed by atoms with Crippen molar-refractivity contribution in [3.63, 3.8) is 0 Å². The molecular formula is C18H27BFN3O3S. The van der Waals surface area contributed by atoms with Gasteiger partial charge in [0.15, 0.2) is 12.3 Å². The Morgan fingerprint density at radius 3 is 2.30 bits per heavy atom. The van der Waals surface area contributed by atoms with Gasteiger partial charge in [0.2, 0.25) is 0 Å². The van der Waals surface area contributed by atoms with Crippen LogP contribution in [0.25, 0.3) is 0 Å². The molecule has 9 heteroatoms. The van der Waals surface area contributed by atoms with Crippen molar-refractivity contribution in [2.24, 2.45) is 17.5 Å². The third-order valence-electron chi connectivity index (χ3n) is 5.63. The number of nitrogens with two attached hydrogens (primary N) is 2. The molecule has 2 aliphatic rings. The van der Waals surface area contributed by atoms with Crippen LogP contribution in [0.2, 0.25) is 0 Å². The highest BCUT2D eigenvalue weighted by Gasteiger charge is 2.51. The molecule has 0 amide bonds. The van der Waals surface area contributed by atoms with Gasteiger partial charge in [-0.3, -0.25) is 0 Å². The van der Waals surface area contributed by atoms with Crippen LogP contribution >= 0.6 is 12.3 Å². The Kier molecular flexibility index (Phi) is 5.68. The zero-order valence-corrected chi connectivity index (χ0v) is 17.0. The summed E-state index contributed by atoms with van der Waals surface area (Å²) in [6.07, 6.45) is 3.07. The van der Waals surface area contributed by atoms with Gasteiger partial charge in [-0.25, -0.2) is 10.3 Å². The molecule has 4 N–H and O–H groups in total. The lowest BCUT2D eigenvalue weighted by Gasteiger charge is -2.35. The van der Waals surface area contributed by atoms with Crippen LogP contribution in [0.1, 0.15) is 40.5 Å². The van der Waals surface area contributed by atoms with E-state index in [0.29, 0.717) is 5.70 Å². The molecule has 0 spiro atoms. The molecule has 1 heterocycles. The summed E-state index contributed by atoms with van der Waals surface area (Å²) < 4.78 is 31.3. The second kappa shape index (κ2) is 7.54. The van der Waals surface area contributed by atoms with E-state index in [1.165, 1.54) is 6.20 Å². The van der Waals surface area contributed by atoms with Crippen molar-refractivity contribution in [1.29, 1.82) is 0 Å². The summed E-state index contributed by atoms with van der Waals surface area (Å²) >= 11 is -0.0772. The van der Waals surface area contributed by atoms with Crippen LogP contribution in [0.15, 0.2) is 36.2 Å². The van der Waals surface area contributed by atoms with E-state index < -0.39 is 0 Å². The highest BCUT2D eigenvalue weighted by atomic mass is 32.2. The van der Waals surface area contributed by atoms with E-state index in [4.69, 9.17) is 25.6 Å². The SMILES string of the molecule is CC1(C)OB(c2ccc(OC3CC(/C(N)=C/N(N)SF)C3)cc2)OC1(C)C. The maximum Gasteiger partial charge on any atom is 0.494 e. The Bertz CT molecular complexity index is 680. The summed E-state index contributed by atoms with van der Waals surface area (Å²) in [5.74, 6) is 6.32. The Labute approximate surface area is 164 Å². The molecule has 1 saturated heterocycles. The summed E-state index contributed by atoms with van der Waals surface area (Å²) in [6, 6.07) is 7.78. The van der Waals surface area contributed by atoms with Crippen molar-refractivity contribution < 1.29 is 17.9 Å². The minimum Gasteiger partial charge on any atom is -0.490 e. The maximum atomic E-state index is 12.3. The van der Waals surface area contributed by atoms with E-state index in [1.807, 2.05) is 52.0 Å². The third kappa shape index (κ3) is 4.37. The molecule has 0 unspecified atom stereocenters. The number of hydrogen-bond acceptors (Lipinski definition) is 7. The van der Waals surface area contributed by atoms with E-state index in [9.17, 15) is 3.89 Å². The summed E-state index contributed by atoms with van der Waals surface area (Å²) in [6.45, 7) is 8.14. The number of benzene rings is 1. The van der Waals surface area contributed by atoms with Crippen LogP contribution in [0.4, 0.5) is 3.89 Å². The average Bonchev–Trinajstić information content (AvgIpc) is 2.78. The largest absolute Gasteiger partial charge is 0.494 e. The quantitative estimate of drug-likeness (QED) is 0.332. The van der Waals surface area contributed by atoms with Gasteiger partial charge in [-0.1, -0.05) is 12.1 Å². The molecule has 27 heavy (non-hydrogen) atoms. The van der Waals surface area contributed by atoms with Crippen LogP contribution < -0.4 is 21.8 Å². The topological polar surface area (TPSA) is 83.0 Å². The summed E-state index contributed by atoms with van der Waals surface area (Å²) in [5, 5.41) is 0. The minimum absolute atomic E-state index is 0.0772. The van der Waals surface area contributed by atoms with Crippen LogP contribution in [0.5, 0.6) is 5.75 Å². The predicted molar refractivity (Wildman–Crippen MR) is 106 cm³/mol. The van der Waals surface area contributed by atoms with Gasteiger partial charge in [0.1, 0.15) is 5.75 Å². The monoisotopic (exact) mass is 395 g/mol. The van der Waals surface area contributed by atoms with Gasteiger partial charge in [-0.05, 0) is 58.1 Å². The van der Waals surface area contributed by atoms with Crippen LogP contribution in [0.3, 0.4) is 0 Å². The molecule has 1 aliphatic heterocycles. The highest BCUT2D eigenvalue weighted by molar-refractivity contribution is 7.91. The van der Waals surface area contributed by atoms with Gasteiger partial charge in [0.25, 0.3) is 0 Å². The Morgan fingerprint density at radius 1 is 1.22 bits per heavy atom. The number of hydrogen-bond donors (Lipinski definition) is 2. The van der Waals surface area contributed by atoms with Crippen LogP contribution in [-0.4, -0.2) is 28.8 Å². The van der Waals surface area contributed by atoms with Crippen LogP contribution in [-0.2, 0) is 9.31 Å². The molecule has 0 aromatic heterocycles. The standard InChI is InChI=1S/C18H27BFN3O3S/c1-17(2)18(3,4)26-19(25-17)13-5-7-14(8-6-13)24-15-9-12(10-15)16(21)11-23(22)27-20/h5-8,11-12,15H,9-10,21-22H2,1-4H3/b16-11-. The zero-order valence-electron chi connectivity index (χ0n) is 16.1. The maximum absolute atomic E-state index is 12.3. The fourth-order valence-electron chi connectivity index (χ4n) is 3.08.